The van der Waals surface area contributed by atoms with Crippen molar-refractivity contribution in [3.8, 4) is 11.1 Å². The van der Waals surface area contributed by atoms with E-state index in [0.717, 1.165) is 4.90 Å². The molecule has 0 bridgehead atoms. The maximum absolute atomic E-state index is 15.4. The summed E-state index contributed by atoms with van der Waals surface area (Å²) in [5.74, 6) is -2.10. The molecule has 10 heteroatoms. The van der Waals surface area contributed by atoms with Gasteiger partial charge in [-0.25, -0.2) is 8.78 Å². The first-order chi connectivity index (χ1) is 18.6. The van der Waals surface area contributed by atoms with Crippen molar-refractivity contribution in [2.75, 3.05) is 11.9 Å². The number of alkyl halides is 1. The fraction of sp³-hybridized carbons (Fsp3) is 0.207. The topological polar surface area (TPSA) is 71.4 Å². The number of Topliss-reactive ketones (excluding diaryl/α,β-unsaturated/α-hetero) is 1. The highest BCUT2D eigenvalue weighted by molar-refractivity contribution is 6.33. The van der Waals surface area contributed by atoms with Crippen LogP contribution in [0.25, 0.3) is 22.0 Å². The van der Waals surface area contributed by atoms with Crippen LogP contribution in [-0.2, 0) is 16.1 Å². The first-order valence-corrected chi connectivity index (χ1v) is 13.0. The summed E-state index contributed by atoms with van der Waals surface area (Å²) < 4.78 is 31.5. The first kappa shape index (κ1) is 26.8. The third-order valence-corrected chi connectivity index (χ3v) is 7.39. The Balaban J connectivity index is 1.39. The smallest absolute Gasteiger partial charge is 0.247 e. The van der Waals surface area contributed by atoms with Gasteiger partial charge in [0.05, 0.1) is 17.7 Å². The van der Waals surface area contributed by atoms with Crippen molar-refractivity contribution >= 4 is 57.4 Å². The number of rotatable bonds is 6. The van der Waals surface area contributed by atoms with E-state index >= 15 is 4.39 Å². The van der Waals surface area contributed by atoms with Crippen LogP contribution in [0.4, 0.5) is 14.5 Å². The highest BCUT2D eigenvalue weighted by Crippen LogP contribution is 2.33. The number of anilines is 1. The summed E-state index contributed by atoms with van der Waals surface area (Å²) >= 11 is 12.4. The van der Waals surface area contributed by atoms with Crippen molar-refractivity contribution in [2.45, 2.75) is 32.1 Å². The Bertz CT molecular complexity index is 1620. The van der Waals surface area contributed by atoms with Crippen LogP contribution in [0, 0.1) is 5.82 Å². The van der Waals surface area contributed by atoms with E-state index in [9.17, 15) is 18.8 Å². The predicted octanol–water partition coefficient (Wildman–Crippen LogP) is 6.53. The zero-order valence-electron chi connectivity index (χ0n) is 20.8. The van der Waals surface area contributed by atoms with E-state index in [1.54, 1.807) is 59.3 Å². The minimum Gasteiger partial charge on any atom is -0.337 e. The Morgan fingerprint density at radius 3 is 2.51 bits per heavy atom. The fourth-order valence-electron chi connectivity index (χ4n) is 4.95. The van der Waals surface area contributed by atoms with E-state index in [1.807, 2.05) is 0 Å². The van der Waals surface area contributed by atoms with Crippen LogP contribution in [0.2, 0.25) is 10.0 Å². The van der Waals surface area contributed by atoms with Crippen LogP contribution in [-0.4, -0.2) is 45.8 Å². The van der Waals surface area contributed by atoms with Gasteiger partial charge in [-0.05, 0) is 31.2 Å². The number of halogens is 4. The molecule has 1 N–H and O–H groups in total. The van der Waals surface area contributed by atoms with Crippen molar-refractivity contribution in [1.82, 2.24) is 9.47 Å². The summed E-state index contributed by atoms with van der Waals surface area (Å²) in [6.07, 6.45) is -0.0949. The largest absolute Gasteiger partial charge is 0.337 e. The van der Waals surface area contributed by atoms with Gasteiger partial charge in [-0.3, -0.25) is 14.4 Å². The van der Waals surface area contributed by atoms with E-state index < -0.39 is 29.8 Å². The number of nitrogens with one attached hydrogen (secondary N) is 1. The number of hydrogen-bond acceptors (Lipinski definition) is 3. The quantitative estimate of drug-likeness (QED) is 0.268. The Morgan fingerprint density at radius 2 is 1.77 bits per heavy atom. The molecule has 5 rings (SSSR count). The van der Waals surface area contributed by atoms with Crippen LogP contribution in [0.1, 0.15) is 23.7 Å². The maximum Gasteiger partial charge on any atom is 0.247 e. The third kappa shape index (κ3) is 5.27. The summed E-state index contributed by atoms with van der Waals surface area (Å²) in [6, 6.07) is 15.1. The summed E-state index contributed by atoms with van der Waals surface area (Å²) in [5, 5.41) is 3.92. The molecule has 0 spiro atoms. The van der Waals surface area contributed by atoms with E-state index in [1.165, 1.54) is 19.1 Å². The highest BCUT2D eigenvalue weighted by atomic mass is 35.5. The Hall–Kier alpha value is -3.75. The van der Waals surface area contributed by atoms with Crippen molar-refractivity contribution in [1.29, 1.82) is 0 Å². The normalized spacial score (nSPS) is 17.0. The molecule has 6 nitrogen and oxygen atoms in total. The van der Waals surface area contributed by atoms with Crippen molar-refractivity contribution in [3.05, 3.63) is 88.3 Å². The molecule has 2 heterocycles. The van der Waals surface area contributed by atoms with Crippen LogP contribution in [0.5, 0.6) is 0 Å². The number of nitrogens with zero attached hydrogens (tertiary/aromatic N) is 2. The van der Waals surface area contributed by atoms with E-state index in [4.69, 9.17) is 23.2 Å². The van der Waals surface area contributed by atoms with Gasteiger partial charge in [0.1, 0.15) is 18.8 Å². The molecule has 1 aliphatic heterocycles. The number of hydrogen-bond donors (Lipinski definition) is 1. The third-order valence-electron chi connectivity index (χ3n) is 6.82. The average molecular weight is 570 g/mol. The van der Waals surface area contributed by atoms with Gasteiger partial charge >= 0.3 is 0 Å². The van der Waals surface area contributed by atoms with Gasteiger partial charge < -0.3 is 14.8 Å². The zero-order chi connectivity index (χ0) is 27.8. The second-order valence-electron chi connectivity index (χ2n) is 9.42. The van der Waals surface area contributed by atoms with Gasteiger partial charge in [0.2, 0.25) is 11.8 Å². The second kappa shape index (κ2) is 10.8. The monoisotopic (exact) mass is 569 g/mol. The Morgan fingerprint density at radius 1 is 1.03 bits per heavy atom. The minimum absolute atomic E-state index is 0.107. The van der Waals surface area contributed by atoms with Gasteiger partial charge in [-0.1, -0.05) is 59.6 Å². The van der Waals surface area contributed by atoms with Crippen molar-refractivity contribution in [2.24, 2.45) is 0 Å². The Kier molecular flexibility index (Phi) is 7.42. The molecule has 0 saturated carbocycles. The van der Waals surface area contributed by atoms with Crippen LogP contribution >= 0.6 is 23.2 Å². The van der Waals surface area contributed by atoms with Crippen LogP contribution in [0.15, 0.2) is 66.9 Å². The molecular weight excluding hydrogens is 547 g/mol. The van der Waals surface area contributed by atoms with Gasteiger partial charge in [0.25, 0.3) is 0 Å². The van der Waals surface area contributed by atoms with Gasteiger partial charge in [-0.15, -0.1) is 0 Å². The molecule has 3 aromatic carbocycles. The molecule has 0 unspecified atom stereocenters. The molecule has 2 atom stereocenters. The van der Waals surface area contributed by atoms with Gasteiger partial charge in [-0.2, -0.15) is 0 Å². The maximum atomic E-state index is 15.4. The molecule has 4 aromatic rings. The molecular formula is C29H23Cl2F2N3O3. The van der Waals surface area contributed by atoms with Crippen LogP contribution in [0.3, 0.4) is 0 Å². The highest BCUT2D eigenvalue weighted by Gasteiger charge is 2.40. The summed E-state index contributed by atoms with van der Waals surface area (Å²) in [6.45, 7) is 0.902. The number of aromatic nitrogens is 1. The van der Waals surface area contributed by atoms with Gasteiger partial charge in [0.15, 0.2) is 11.6 Å². The van der Waals surface area contributed by atoms with Crippen LogP contribution < -0.4 is 5.32 Å². The molecule has 0 radical (unpaired) electrons. The lowest BCUT2D eigenvalue weighted by Crippen LogP contribution is -2.44. The molecule has 1 fully saturated rings. The molecule has 0 aliphatic carbocycles. The standard InChI is InChI=1S/C29H23Cl2F2N3O3/c1-16(37)22-14-35(25-11-17(30)9-10-20(22)25)15-27(38)36-13-18(32)12-26(36)29(39)34-24-8-4-6-21(28(24)33)19-5-2-3-7-23(19)31/h2-11,14,18,26H,12-13,15H2,1H3,(H,34,39)/t18-,26+/m1/s1. The first-order valence-electron chi connectivity index (χ1n) is 12.2. The number of benzene rings is 3. The Labute approximate surface area is 233 Å². The average Bonchev–Trinajstić information content (AvgIpc) is 3.46. The van der Waals surface area contributed by atoms with Crippen molar-refractivity contribution < 1.29 is 23.2 Å². The van der Waals surface area contributed by atoms with Crippen molar-refractivity contribution in [3.63, 3.8) is 0 Å². The molecule has 2 amide bonds. The number of carbonyl (C=O) groups excluding carboxylic acids is 3. The number of amides is 2. The number of likely N-dealkylation sites (tertiary alicyclic amines) is 1. The lowest BCUT2D eigenvalue weighted by atomic mass is 10.0. The van der Waals surface area contributed by atoms with E-state index in [2.05, 4.69) is 5.32 Å². The summed E-state index contributed by atoms with van der Waals surface area (Å²) in [4.78, 5) is 39.8. The molecule has 200 valence electrons. The lowest BCUT2D eigenvalue weighted by Gasteiger charge is -2.24. The summed E-state index contributed by atoms with van der Waals surface area (Å²) in [5.41, 5.74) is 1.53. The number of ketones is 1. The number of carbonyl (C=O) groups is 3. The molecule has 1 saturated heterocycles. The summed E-state index contributed by atoms with van der Waals surface area (Å²) in [7, 11) is 0. The predicted molar refractivity (Wildman–Crippen MR) is 147 cm³/mol. The zero-order valence-corrected chi connectivity index (χ0v) is 22.3. The SMILES string of the molecule is CC(=O)c1cn(CC(=O)N2C[C@H](F)C[C@H]2C(=O)Nc2cccc(-c3ccccc3Cl)c2F)c2cc(Cl)ccc12. The van der Waals surface area contributed by atoms with E-state index in [-0.39, 0.29) is 36.5 Å². The van der Waals surface area contributed by atoms with E-state index in [0.29, 0.717) is 32.1 Å². The number of fused-ring (bicyclic) bond motifs is 1. The molecule has 39 heavy (non-hydrogen) atoms. The van der Waals surface area contributed by atoms with Gasteiger partial charge in [0, 0.05) is 44.7 Å². The molecule has 1 aliphatic rings. The lowest BCUT2D eigenvalue weighted by molar-refractivity contribution is -0.137. The minimum atomic E-state index is -1.42. The molecule has 1 aromatic heterocycles. The fourth-order valence-corrected chi connectivity index (χ4v) is 5.36. The second-order valence-corrected chi connectivity index (χ2v) is 10.3.